The largest absolute Gasteiger partial charge is 0.369 e. The summed E-state index contributed by atoms with van der Waals surface area (Å²) in [6.45, 7) is 11.4. The number of thioether (sulfide) groups is 1. The van der Waals surface area contributed by atoms with E-state index < -0.39 is 0 Å². The Kier molecular flexibility index (Phi) is 8.82. The minimum absolute atomic E-state index is 0.0467. The fourth-order valence-corrected chi connectivity index (χ4v) is 7.33. The highest BCUT2D eigenvalue weighted by Gasteiger charge is 2.31. The van der Waals surface area contributed by atoms with Crippen LogP contribution in [0.15, 0.2) is 60.9 Å². The quantitative estimate of drug-likeness (QED) is 0.307. The van der Waals surface area contributed by atoms with E-state index in [1.54, 1.807) is 6.20 Å². The molecule has 38 heavy (non-hydrogen) atoms. The summed E-state index contributed by atoms with van der Waals surface area (Å²) >= 11 is 2.08. The zero-order chi connectivity index (χ0) is 27.3. The zero-order valence-electron chi connectivity index (χ0n) is 23.6. The molecule has 0 spiro atoms. The molecule has 1 aliphatic rings. The van der Waals surface area contributed by atoms with Gasteiger partial charge in [-0.3, -0.25) is 9.78 Å². The smallest absolute Gasteiger partial charge is 0.221 e. The SMILES string of the molecule is CCC(CC)(c1ccc(/C=C/C2(C)CCSCC2)c(C)c1)c1ccc(-c2cncc(CC(N)=O)c2)c(C)c1. The van der Waals surface area contributed by atoms with Gasteiger partial charge in [0.05, 0.1) is 6.42 Å². The lowest BCUT2D eigenvalue weighted by Crippen LogP contribution is -2.26. The summed E-state index contributed by atoms with van der Waals surface area (Å²) in [6.07, 6.45) is 13.2. The topological polar surface area (TPSA) is 56.0 Å². The molecular weight excluding hydrogens is 484 g/mol. The fraction of sp³-hybridized carbons (Fsp3) is 0.412. The van der Waals surface area contributed by atoms with Crippen LogP contribution in [0.2, 0.25) is 0 Å². The van der Waals surface area contributed by atoms with E-state index in [0.717, 1.165) is 29.5 Å². The molecule has 0 radical (unpaired) electrons. The van der Waals surface area contributed by atoms with Crippen LogP contribution in [0.5, 0.6) is 0 Å². The van der Waals surface area contributed by atoms with Crippen molar-refractivity contribution < 1.29 is 4.79 Å². The van der Waals surface area contributed by atoms with E-state index in [-0.39, 0.29) is 17.7 Å². The van der Waals surface area contributed by atoms with E-state index in [1.807, 2.05) is 12.3 Å². The summed E-state index contributed by atoms with van der Waals surface area (Å²) in [4.78, 5) is 15.8. The second-order valence-electron chi connectivity index (χ2n) is 11.2. The number of allylic oxidation sites excluding steroid dienone is 1. The van der Waals surface area contributed by atoms with Crippen LogP contribution in [-0.2, 0) is 16.6 Å². The van der Waals surface area contributed by atoms with Crippen molar-refractivity contribution in [3.63, 3.8) is 0 Å². The van der Waals surface area contributed by atoms with Crippen LogP contribution in [0.4, 0.5) is 0 Å². The van der Waals surface area contributed by atoms with E-state index in [0.29, 0.717) is 5.41 Å². The van der Waals surface area contributed by atoms with Gasteiger partial charge in [-0.15, -0.1) is 0 Å². The minimum Gasteiger partial charge on any atom is -0.369 e. The Labute approximate surface area is 233 Å². The van der Waals surface area contributed by atoms with Crippen molar-refractivity contribution in [1.82, 2.24) is 4.98 Å². The Morgan fingerprint density at radius 2 is 1.66 bits per heavy atom. The molecule has 3 aromatic rings. The van der Waals surface area contributed by atoms with Crippen molar-refractivity contribution in [2.24, 2.45) is 11.1 Å². The number of nitrogens with zero attached hydrogens (tertiary/aromatic N) is 1. The zero-order valence-corrected chi connectivity index (χ0v) is 24.5. The first-order valence-electron chi connectivity index (χ1n) is 13.9. The molecule has 2 aromatic carbocycles. The monoisotopic (exact) mass is 526 g/mol. The van der Waals surface area contributed by atoms with Crippen LogP contribution in [0, 0.1) is 19.3 Å². The number of hydrogen-bond donors (Lipinski definition) is 1. The van der Waals surface area contributed by atoms with E-state index in [1.165, 1.54) is 52.2 Å². The molecule has 4 rings (SSSR count). The van der Waals surface area contributed by atoms with Gasteiger partial charge in [-0.1, -0.05) is 69.3 Å². The molecule has 0 unspecified atom stereocenters. The van der Waals surface area contributed by atoms with Gasteiger partial charge in [0, 0.05) is 23.4 Å². The van der Waals surface area contributed by atoms with E-state index in [2.05, 4.69) is 99.9 Å². The highest BCUT2D eigenvalue weighted by molar-refractivity contribution is 7.99. The van der Waals surface area contributed by atoms with Crippen LogP contribution < -0.4 is 5.73 Å². The third kappa shape index (κ3) is 6.07. The van der Waals surface area contributed by atoms with Crippen molar-refractivity contribution in [1.29, 1.82) is 0 Å². The number of hydrogen-bond acceptors (Lipinski definition) is 3. The molecule has 0 atom stereocenters. The summed E-state index contributed by atoms with van der Waals surface area (Å²) in [5, 5.41) is 0. The number of benzene rings is 2. The van der Waals surface area contributed by atoms with Crippen LogP contribution in [-0.4, -0.2) is 22.4 Å². The lowest BCUT2D eigenvalue weighted by Gasteiger charge is -2.34. The Morgan fingerprint density at radius 1 is 1.00 bits per heavy atom. The number of carbonyl (C=O) groups is 1. The highest BCUT2D eigenvalue weighted by Crippen LogP contribution is 2.42. The molecule has 0 aliphatic carbocycles. The van der Waals surface area contributed by atoms with Gasteiger partial charge in [0.15, 0.2) is 0 Å². The summed E-state index contributed by atoms with van der Waals surface area (Å²) < 4.78 is 0. The molecule has 2 heterocycles. The Balaban J connectivity index is 1.65. The van der Waals surface area contributed by atoms with Gasteiger partial charge < -0.3 is 5.73 Å². The average Bonchev–Trinajstić information content (AvgIpc) is 2.89. The van der Waals surface area contributed by atoms with E-state index in [9.17, 15) is 4.79 Å². The Hall–Kier alpha value is -2.85. The third-order valence-corrected chi connectivity index (χ3v) is 9.58. The van der Waals surface area contributed by atoms with Crippen molar-refractivity contribution in [2.75, 3.05) is 11.5 Å². The van der Waals surface area contributed by atoms with Crippen molar-refractivity contribution >= 4 is 23.7 Å². The minimum atomic E-state index is -0.342. The molecule has 0 bridgehead atoms. The molecule has 200 valence electrons. The predicted molar refractivity (Wildman–Crippen MR) is 164 cm³/mol. The maximum absolute atomic E-state index is 11.4. The number of rotatable bonds is 9. The maximum atomic E-state index is 11.4. The van der Waals surface area contributed by atoms with Crippen LogP contribution in [0.1, 0.15) is 79.8 Å². The molecule has 1 aliphatic heterocycles. The Bertz CT molecular complexity index is 1320. The molecule has 3 nitrogen and oxygen atoms in total. The number of pyridine rings is 1. The van der Waals surface area contributed by atoms with E-state index in [4.69, 9.17) is 5.73 Å². The maximum Gasteiger partial charge on any atom is 0.221 e. The average molecular weight is 527 g/mol. The first-order valence-corrected chi connectivity index (χ1v) is 15.1. The van der Waals surface area contributed by atoms with Crippen molar-refractivity contribution in [2.45, 2.75) is 72.1 Å². The van der Waals surface area contributed by atoms with Crippen LogP contribution >= 0.6 is 11.8 Å². The summed E-state index contributed by atoms with van der Waals surface area (Å²) in [5.41, 5.74) is 15.3. The van der Waals surface area contributed by atoms with Gasteiger partial charge in [-0.2, -0.15) is 11.8 Å². The standard InChI is InChI=1S/C34H42N2OS/c1-6-34(7-2,29-9-8-27(24(3)18-29)12-13-33(5)14-16-38-17-15-33)30-10-11-31(25(4)19-30)28-20-26(21-32(35)37)22-36-23-28/h8-13,18-20,22-23H,6-7,14-17,21H2,1-5H3,(H2,35,37)/b13-12+. The summed E-state index contributed by atoms with van der Waals surface area (Å²) in [7, 11) is 0. The van der Waals surface area contributed by atoms with Gasteiger partial charge in [-0.25, -0.2) is 0 Å². The van der Waals surface area contributed by atoms with Gasteiger partial charge >= 0.3 is 0 Å². The van der Waals surface area contributed by atoms with E-state index >= 15 is 0 Å². The third-order valence-electron chi connectivity index (χ3n) is 8.59. The first-order chi connectivity index (χ1) is 18.2. The number of carbonyl (C=O) groups excluding carboxylic acids is 1. The molecule has 1 saturated heterocycles. The lowest BCUT2D eigenvalue weighted by atomic mass is 9.69. The fourth-order valence-electron chi connectivity index (χ4n) is 5.91. The summed E-state index contributed by atoms with van der Waals surface area (Å²) in [6, 6.07) is 15.9. The lowest BCUT2D eigenvalue weighted by molar-refractivity contribution is -0.117. The molecule has 1 aromatic heterocycles. The molecule has 0 saturated carbocycles. The van der Waals surface area contributed by atoms with Gasteiger partial charge in [0.25, 0.3) is 0 Å². The number of amides is 1. The van der Waals surface area contributed by atoms with Crippen molar-refractivity contribution in [3.8, 4) is 11.1 Å². The van der Waals surface area contributed by atoms with Crippen LogP contribution in [0.3, 0.4) is 0 Å². The first kappa shape index (κ1) is 28.2. The second-order valence-corrected chi connectivity index (χ2v) is 12.4. The van der Waals surface area contributed by atoms with Crippen LogP contribution in [0.25, 0.3) is 17.2 Å². The number of aromatic nitrogens is 1. The molecule has 2 N–H and O–H groups in total. The molecular formula is C34H42N2OS. The normalized spacial score (nSPS) is 15.6. The Morgan fingerprint density at radius 3 is 2.26 bits per heavy atom. The number of nitrogens with two attached hydrogens (primary N) is 1. The molecule has 1 fully saturated rings. The van der Waals surface area contributed by atoms with Crippen molar-refractivity contribution in [3.05, 3.63) is 94.3 Å². The molecule has 4 heteroatoms. The summed E-state index contributed by atoms with van der Waals surface area (Å²) in [5.74, 6) is 2.19. The second kappa shape index (κ2) is 11.9. The highest BCUT2D eigenvalue weighted by atomic mass is 32.2. The number of aryl methyl sites for hydroxylation is 2. The van der Waals surface area contributed by atoms with Gasteiger partial charge in [-0.05, 0) is 101 Å². The predicted octanol–water partition coefficient (Wildman–Crippen LogP) is 8.05. The number of primary amides is 1. The molecule has 1 amide bonds. The van der Waals surface area contributed by atoms with Gasteiger partial charge in [0.1, 0.15) is 0 Å². The van der Waals surface area contributed by atoms with Gasteiger partial charge in [0.2, 0.25) is 5.91 Å².